The number of carbonyl (C=O) groups is 1. The number of carbonyl (C=O) groups excluding carboxylic acids is 1. The Morgan fingerprint density at radius 2 is 1.93 bits per heavy atom. The van der Waals surface area contributed by atoms with Gasteiger partial charge in [0, 0.05) is 32.6 Å². The summed E-state index contributed by atoms with van der Waals surface area (Å²) in [5.41, 5.74) is 2.10. The zero-order chi connectivity index (χ0) is 20.6. The minimum atomic E-state index is -0.244. The quantitative estimate of drug-likeness (QED) is 0.345. The number of halogens is 2. The average molecular weight is 526 g/mol. The zero-order valence-corrected chi connectivity index (χ0v) is 19.6. The molecule has 0 aromatic heterocycles. The van der Waals surface area contributed by atoms with Crippen LogP contribution in [0, 0.1) is 5.82 Å². The van der Waals surface area contributed by atoms with Gasteiger partial charge < -0.3 is 20.3 Å². The molecular formula is C22H28FIN4O2. The number of hydrogen-bond acceptors (Lipinski definition) is 3. The van der Waals surface area contributed by atoms with Crippen LogP contribution in [0.4, 0.5) is 4.39 Å². The molecule has 0 fully saturated rings. The molecule has 1 aliphatic rings. The van der Waals surface area contributed by atoms with E-state index < -0.39 is 0 Å². The van der Waals surface area contributed by atoms with E-state index in [0.29, 0.717) is 25.5 Å². The number of guanidine groups is 1. The van der Waals surface area contributed by atoms with E-state index >= 15 is 0 Å². The molecule has 1 atom stereocenters. The molecule has 6 nitrogen and oxygen atoms in total. The Labute approximate surface area is 193 Å². The van der Waals surface area contributed by atoms with Crippen LogP contribution in [0.5, 0.6) is 5.75 Å². The molecule has 1 amide bonds. The normalized spacial score (nSPS) is 15.3. The van der Waals surface area contributed by atoms with E-state index in [9.17, 15) is 9.18 Å². The van der Waals surface area contributed by atoms with Gasteiger partial charge in [0.15, 0.2) is 5.96 Å². The van der Waals surface area contributed by atoms with Crippen LogP contribution < -0.4 is 15.4 Å². The lowest BCUT2D eigenvalue weighted by molar-refractivity contribution is -0.127. The summed E-state index contributed by atoms with van der Waals surface area (Å²) in [5, 5.41) is 6.72. The topological polar surface area (TPSA) is 66.0 Å². The number of fused-ring (bicyclic) bond motifs is 1. The Kier molecular flexibility index (Phi) is 9.35. The van der Waals surface area contributed by atoms with Crippen molar-refractivity contribution in [3.05, 3.63) is 65.5 Å². The number of hydrogen-bond donors (Lipinski definition) is 2. The van der Waals surface area contributed by atoms with Gasteiger partial charge in [-0.15, -0.1) is 24.0 Å². The highest BCUT2D eigenvalue weighted by molar-refractivity contribution is 14.0. The number of aliphatic imine (C=N–C) groups is 1. The first-order valence-electron chi connectivity index (χ1n) is 9.74. The molecule has 0 spiro atoms. The van der Waals surface area contributed by atoms with Crippen LogP contribution in [-0.4, -0.2) is 50.6 Å². The van der Waals surface area contributed by atoms with E-state index in [-0.39, 0.29) is 48.3 Å². The Morgan fingerprint density at radius 1 is 1.20 bits per heavy atom. The van der Waals surface area contributed by atoms with E-state index in [1.807, 2.05) is 24.3 Å². The largest absolute Gasteiger partial charge is 0.493 e. The first-order chi connectivity index (χ1) is 14.0. The zero-order valence-electron chi connectivity index (χ0n) is 17.2. The average Bonchev–Trinajstić information content (AvgIpc) is 2.73. The Morgan fingerprint density at radius 3 is 2.67 bits per heavy atom. The van der Waals surface area contributed by atoms with Crippen molar-refractivity contribution in [1.82, 2.24) is 15.5 Å². The maximum atomic E-state index is 13.1. The van der Waals surface area contributed by atoms with Crippen LogP contribution in [0.2, 0.25) is 0 Å². The van der Waals surface area contributed by atoms with Crippen LogP contribution in [-0.2, 0) is 11.2 Å². The highest BCUT2D eigenvalue weighted by Gasteiger charge is 2.22. The molecule has 0 bridgehead atoms. The molecular weight excluding hydrogens is 498 g/mol. The van der Waals surface area contributed by atoms with E-state index in [1.54, 1.807) is 26.2 Å². The third-order valence-corrected chi connectivity index (χ3v) is 4.76. The highest BCUT2D eigenvalue weighted by Crippen LogP contribution is 2.31. The monoisotopic (exact) mass is 526 g/mol. The lowest BCUT2D eigenvalue weighted by Crippen LogP contribution is -2.42. The Bertz CT molecular complexity index is 858. The summed E-state index contributed by atoms with van der Waals surface area (Å²) in [7, 11) is 3.42. The summed E-state index contributed by atoms with van der Waals surface area (Å²) < 4.78 is 18.8. The summed E-state index contributed by atoms with van der Waals surface area (Å²) in [6.45, 7) is 1.29. The number of ether oxygens (including phenoxy) is 1. The number of nitrogens with one attached hydrogen (secondary N) is 2. The molecule has 1 unspecified atom stereocenters. The highest BCUT2D eigenvalue weighted by atomic mass is 127. The molecule has 8 heteroatoms. The number of rotatable bonds is 6. The fraction of sp³-hybridized carbons (Fsp3) is 0.364. The van der Waals surface area contributed by atoms with Gasteiger partial charge in [-0.25, -0.2) is 9.38 Å². The second-order valence-electron chi connectivity index (χ2n) is 7.13. The minimum Gasteiger partial charge on any atom is -0.493 e. The predicted molar refractivity (Wildman–Crippen MR) is 127 cm³/mol. The number of likely N-dealkylation sites (N-methyl/N-ethyl adjacent to an activating group) is 1. The second kappa shape index (κ2) is 11.7. The lowest BCUT2D eigenvalue weighted by atomic mass is 10.0. The first kappa shape index (κ1) is 23.9. The van der Waals surface area contributed by atoms with Crippen LogP contribution in [0.15, 0.2) is 53.5 Å². The van der Waals surface area contributed by atoms with E-state index in [4.69, 9.17) is 4.74 Å². The summed E-state index contributed by atoms with van der Waals surface area (Å²) in [6.07, 6.45) is 1.52. The van der Waals surface area contributed by atoms with Gasteiger partial charge in [0.1, 0.15) is 18.1 Å². The van der Waals surface area contributed by atoms with Gasteiger partial charge in [-0.3, -0.25) is 4.79 Å². The van der Waals surface area contributed by atoms with E-state index in [2.05, 4.69) is 15.6 Å². The van der Waals surface area contributed by atoms with Crippen LogP contribution in [0.25, 0.3) is 0 Å². The van der Waals surface area contributed by atoms with Crippen molar-refractivity contribution in [3.63, 3.8) is 0 Å². The standard InChI is InChI=1S/C22H27FN4O2.HI/c1-27(2)21(28)15-25-22(24-13-11-16-7-9-17(23)10-8-16)26-19-12-14-29-20-6-4-3-5-18(19)20;/h3-10,19H,11-15H2,1-2H3,(H2,24,25,26);1H. The summed E-state index contributed by atoms with van der Waals surface area (Å²) in [5.74, 6) is 1.12. The Balaban J connectivity index is 0.00000320. The van der Waals surface area contributed by atoms with Crippen molar-refractivity contribution in [1.29, 1.82) is 0 Å². The fourth-order valence-corrected chi connectivity index (χ4v) is 3.07. The van der Waals surface area contributed by atoms with Gasteiger partial charge >= 0.3 is 0 Å². The molecule has 2 N–H and O–H groups in total. The second-order valence-corrected chi connectivity index (χ2v) is 7.13. The maximum absolute atomic E-state index is 13.1. The first-order valence-corrected chi connectivity index (χ1v) is 9.74. The molecule has 1 heterocycles. The van der Waals surface area contributed by atoms with Gasteiger partial charge in [0.2, 0.25) is 5.91 Å². The molecule has 0 aliphatic carbocycles. The fourth-order valence-electron chi connectivity index (χ4n) is 3.07. The number of para-hydroxylation sites is 1. The van der Waals surface area contributed by atoms with Gasteiger partial charge in [0.05, 0.1) is 12.6 Å². The van der Waals surface area contributed by atoms with E-state index in [1.165, 1.54) is 17.0 Å². The van der Waals surface area contributed by atoms with E-state index in [0.717, 1.165) is 23.3 Å². The maximum Gasteiger partial charge on any atom is 0.243 e. The summed E-state index contributed by atoms with van der Waals surface area (Å²) in [4.78, 5) is 17.9. The molecule has 0 saturated heterocycles. The summed E-state index contributed by atoms with van der Waals surface area (Å²) in [6, 6.07) is 14.4. The van der Waals surface area contributed by atoms with Crippen LogP contribution in [0.1, 0.15) is 23.6 Å². The van der Waals surface area contributed by atoms with Crippen molar-refractivity contribution < 1.29 is 13.9 Å². The molecule has 1 aliphatic heterocycles. The lowest BCUT2D eigenvalue weighted by Gasteiger charge is -2.28. The molecule has 30 heavy (non-hydrogen) atoms. The molecule has 3 rings (SSSR count). The number of amides is 1. The van der Waals surface area contributed by atoms with Crippen LogP contribution in [0.3, 0.4) is 0 Å². The predicted octanol–water partition coefficient (Wildman–Crippen LogP) is 3.13. The molecule has 2 aromatic carbocycles. The van der Waals surface area contributed by atoms with Crippen molar-refractivity contribution in [2.75, 3.05) is 33.8 Å². The minimum absolute atomic E-state index is 0. The SMILES string of the molecule is CN(C)C(=O)CN=C(NCCc1ccc(F)cc1)NC1CCOc2ccccc21.I. The molecule has 0 radical (unpaired) electrons. The van der Waals surface area contributed by atoms with Gasteiger partial charge in [-0.2, -0.15) is 0 Å². The molecule has 2 aromatic rings. The van der Waals surface area contributed by atoms with Crippen LogP contribution >= 0.6 is 24.0 Å². The molecule has 162 valence electrons. The number of nitrogens with zero attached hydrogens (tertiary/aromatic N) is 2. The number of benzene rings is 2. The van der Waals surface area contributed by atoms with Crippen molar-refractivity contribution in [2.45, 2.75) is 18.9 Å². The Hall–Kier alpha value is -2.36. The third-order valence-electron chi connectivity index (χ3n) is 4.76. The third kappa shape index (κ3) is 6.86. The van der Waals surface area contributed by atoms with Crippen molar-refractivity contribution in [3.8, 4) is 5.75 Å². The molecule has 0 saturated carbocycles. The smallest absolute Gasteiger partial charge is 0.243 e. The van der Waals surface area contributed by atoms with Gasteiger partial charge in [0.25, 0.3) is 0 Å². The van der Waals surface area contributed by atoms with Crippen molar-refractivity contribution in [2.24, 2.45) is 4.99 Å². The summed E-state index contributed by atoms with van der Waals surface area (Å²) >= 11 is 0. The van der Waals surface area contributed by atoms with Gasteiger partial charge in [-0.1, -0.05) is 30.3 Å². The van der Waals surface area contributed by atoms with Crippen molar-refractivity contribution >= 4 is 35.8 Å². The van der Waals surface area contributed by atoms with Gasteiger partial charge in [-0.05, 0) is 30.2 Å².